The standard InChI is InChI=1S/C27H27FN2O5/c1-3-30(4-2)26(32)20-10-14-23(15-11-20)29-25(31)18-35-27(33)21-6-5-7-24(16-21)34-17-19-8-12-22(28)13-9-19/h5-16H,3-4,17-18H2,1-2H3,(H,29,31). The van der Waals surface area contributed by atoms with E-state index in [1.807, 2.05) is 13.8 Å². The molecule has 0 aromatic heterocycles. The summed E-state index contributed by atoms with van der Waals surface area (Å²) in [5, 5.41) is 2.63. The lowest BCUT2D eigenvalue weighted by Gasteiger charge is -2.18. The molecule has 35 heavy (non-hydrogen) atoms. The lowest BCUT2D eigenvalue weighted by molar-refractivity contribution is -0.119. The van der Waals surface area contributed by atoms with E-state index in [4.69, 9.17) is 9.47 Å². The predicted molar refractivity (Wildman–Crippen MR) is 130 cm³/mol. The Balaban J connectivity index is 1.49. The van der Waals surface area contributed by atoms with Crippen molar-refractivity contribution in [1.82, 2.24) is 4.90 Å². The summed E-state index contributed by atoms with van der Waals surface area (Å²) in [5.74, 6) is -1.15. The molecule has 0 aliphatic heterocycles. The number of hydrogen-bond acceptors (Lipinski definition) is 5. The number of nitrogens with zero attached hydrogens (tertiary/aromatic N) is 1. The van der Waals surface area contributed by atoms with Gasteiger partial charge < -0.3 is 19.7 Å². The molecule has 182 valence electrons. The Morgan fingerprint density at radius 3 is 2.23 bits per heavy atom. The van der Waals surface area contributed by atoms with Crippen molar-refractivity contribution in [2.45, 2.75) is 20.5 Å². The van der Waals surface area contributed by atoms with Gasteiger partial charge in [0.15, 0.2) is 6.61 Å². The maximum atomic E-state index is 13.0. The molecular formula is C27H27FN2O5. The summed E-state index contributed by atoms with van der Waals surface area (Å²) in [6, 6.07) is 18.8. The zero-order chi connectivity index (χ0) is 25.2. The van der Waals surface area contributed by atoms with Crippen LogP contribution in [0, 0.1) is 5.82 Å². The van der Waals surface area contributed by atoms with Crippen molar-refractivity contribution in [2.24, 2.45) is 0 Å². The van der Waals surface area contributed by atoms with E-state index in [-0.39, 0.29) is 23.9 Å². The fraction of sp³-hybridized carbons (Fsp3) is 0.222. The second kappa shape index (κ2) is 12.3. The number of benzene rings is 3. The van der Waals surface area contributed by atoms with Gasteiger partial charge >= 0.3 is 5.97 Å². The topological polar surface area (TPSA) is 84.9 Å². The van der Waals surface area contributed by atoms with Crippen LogP contribution in [0.1, 0.15) is 40.1 Å². The van der Waals surface area contributed by atoms with Gasteiger partial charge in [-0.2, -0.15) is 0 Å². The number of esters is 1. The number of carbonyl (C=O) groups is 3. The van der Waals surface area contributed by atoms with Gasteiger partial charge in [0.2, 0.25) is 0 Å². The first-order valence-corrected chi connectivity index (χ1v) is 11.2. The highest BCUT2D eigenvalue weighted by molar-refractivity contribution is 5.97. The van der Waals surface area contributed by atoms with Gasteiger partial charge in [0.1, 0.15) is 18.2 Å². The van der Waals surface area contributed by atoms with Crippen molar-refractivity contribution < 1.29 is 28.2 Å². The molecule has 0 aliphatic carbocycles. The van der Waals surface area contributed by atoms with Crippen LogP contribution >= 0.6 is 0 Å². The highest BCUT2D eigenvalue weighted by Crippen LogP contribution is 2.17. The van der Waals surface area contributed by atoms with Gasteiger partial charge in [-0.3, -0.25) is 9.59 Å². The molecule has 0 heterocycles. The maximum Gasteiger partial charge on any atom is 0.338 e. The number of nitrogens with one attached hydrogen (secondary N) is 1. The normalized spacial score (nSPS) is 10.4. The summed E-state index contributed by atoms with van der Waals surface area (Å²) >= 11 is 0. The van der Waals surface area contributed by atoms with Gasteiger partial charge in [-0.25, -0.2) is 9.18 Å². The molecule has 1 N–H and O–H groups in total. The fourth-order valence-electron chi connectivity index (χ4n) is 3.26. The van der Waals surface area contributed by atoms with E-state index in [1.165, 1.54) is 18.2 Å². The van der Waals surface area contributed by atoms with E-state index >= 15 is 0 Å². The SMILES string of the molecule is CCN(CC)C(=O)c1ccc(NC(=O)COC(=O)c2cccc(OCc3ccc(F)cc3)c2)cc1. The molecule has 0 spiro atoms. The highest BCUT2D eigenvalue weighted by Gasteiger charge is 2.14. The van der Waals surface area contributed by atoms with Crippen molar-refractivity contribution >= 4 is 23.5 Å². The van der Waals surface area contributed by atoms with Gasteiger partial charge in [0.05, 0.1) is 5.56 Å². The first kappa shape index (κ1) is 25.4. The molecule has 0 aliphatic rings. The van der Waals surface area contributed by atoms with Crippen molar-refractivity contribution in [3.05, 3.63) is 95.3 Å². The van der Waals surface area contributed by atoms with Crippen LogP contribution in [0.25, 0.3) is 0 Å². The van der Waals surface area contributed by atoms with Crippen LogP contribution < -0.4 is 10.1 Å². The van der Waals surface area contributed by atoms with E-state index in [9.17, 15) is 18.8 Å². The quantitative estimate of drug-likeness (QED) is 0.428. The molecule has 3 aromatic rings. The molecule has 0 fully saturated rings. The second-order valence-corrected chi connectivity index (χ2v) is 7.62. The Labute approximate surface area is 203 Å². The van der Waals surface area contributed by atoms with Crippen LogP contribution in [0.3, 0.4) is 0 Å². The molecular weight excluding hydrogens is 451 g/mol. The average molecular weight is 479 g/mol. The van der Waals surface area contributed by atoms with Crippen LogP contribution in [0.15, 0.2) is 72.8 Å². The number of hydrogen-bond donors (Lipinski definition) is 1. The van der Waals surface area contributed by atoms with Gasteiger partial charge in [0, 0.05) is 24.3 Å². The van der Waals surface area contributed by atoms with Crippen LogP contribution in [0.5, 0.6) is 5.75 Å². The Morgan fingerprint density at radius 1 is 0.886 bits per heavy atom. The number of halogens is 1. The largest absolute Gasteiger partial charge is 0.489 e. The smallest absolute Gasteiger partial charge is 0.338 e. The summed E-state index contributed by atoms with van der Waals surface area (Å²) in [6.45, 7) is 4.79. The Bertz CT molecular complexity index is 1160. The summed E-state index contributed by atoms with van der Waals surface area (Å²) in [5.41, 5.74) is 2.02. The molecule has 2 amide bonds. The van der Waals surface area contributed by atoms with E-state index in [1.54, 1.807) is 59.5 Å². The molecule has 0 radical (unpaired) electrons. The first-order valence-electron chi connectivity index (χ1n) is 11.2. The monoisotopic (exact) mass is 478 g/mol. The molecule has 7 nitrogen and oxygen atoms in total. The van der Waals surface area contributed by atoms with Crippen LogP contribution in [0.2, 0.25) is 0 Å². The van der Waals surface area contributed by atoms with E-state index in [0.717, 1.165) is 5.56 Å². The number of carbonyl (C=O) groups excluding carboxylic acids is 3. The third kappa shape index (κ3) is 7.40. The second-order valence-electron chi connectivity index (χ2n) is 7.62. The minimum absolute atomic E-state index is 0.0781. The van der Waals surface area contributed by atoms with Crippen molar-refractivity contribution in [1.29, 1.82) is 0 Å². The maximum absolute atomic E-state index is 13.0. The van der Waals surface area contributed by atoms with E-state index in [0.29, 0.717) is 30.1 Å². The Kier molecular flexibility index (Phi) is 8.95. The van der Waals surface area contributed by atoms with Gasteiger partial charge in [-0.15, -0.1) is 0 Å². The average Bonchev–Trinajstić information content (AvgIpc) is 2.88. The first-order chi connectivity index (χ1) is 16.9. The van der Waals surface area contributed by atoms with Gasteiger partial charge in [-0.1, -0.05) is 18.2 Å². The molecule has 0 unspecified atom stereocenters. The van der Waals surface area contributed by atoms with Gasteiger partial charge in [0.25, 0.3) is 11.8 Å². The number of anilines is 1. The molecule has 8 heteroatoms. The zero-order valence-electron chi connectivity index (χ0n) is 19.6. The van der Waals surface area contributed by atoms with Crippen LogP contribution in [0.4, 0.5) is 10.1 Å². The fourth-order valence-corrected chi connectivity index (χ4v) is 3.26. The minimum Gasteiger partial charge on any atom is -0.489 e. The summed E-state index contributed by atoms with van der Waals surface area (Å²) < 4.78 is 23.8. The lowest BCUT2D eigenvalue weighted by atomic mass is 10.2. The van der Waals surface area contributed by atoms with Crippen molar-refractivity contribution in [3.8, 4) is 5.75 Å². The lowest BCUT2D eigenvalue weighted by Crippen LogP contribution is -2.30. The summed E-state index contributed by atoms with van der Waals surface area (Å²) in [4.78, 5) is 38.6. The predicted octanol–water partition coefficient (Wildman–Crippen LogP) is 4.68. The molecule has 3 aromatic carbocycles. The zero-order valence-corrected chi connectivity index (χ0v) is 19.6. The highest BCUT2D eigenvalue weighted by atomic mass is 19.1. The molecule has 0 bridgehead atoms. The number of amides is 2. The Hall–Kier alpha value is -4.20. The summed E-state index contributed by atoms with van der Waals surface area (Å²) in [7, 11) is 0. The molecule has 0 saturated carbocycles. The molecule has 3 rings (SSSR count). The van der Waals surface area contributed by atoms with E-state index < -0.39 is 18.5 Å². The van der Waals surface area contributed by atoms with Crippen molar-refractivity contribution in [3.63, 3.8) is 0 Å². The molecule has 0 atom stereocenters. The van der Waals surface area contributed by atoms with E-state index in [2.05, 4.69) is 5.32 Å². The van der Waals surface area contributed by atoms with Gasteiger partial charge in [-0.05, 0) is 74.0 Å². The Morgan fingerprint density at radius 2 is 1.57 bits per heavy atom. The van der Waals surface area contributed by atoms with Crippen LogP contribution in [-0.4, -0.2) is 42.4 Å². The van der Waals surface area contributed by atoms with Crippen molar-refractivity contribution in [2.75, 3.05) is 25.0 Å². The summed E-state index contributed by atoms with van der Waals surface area (Å²) in [6.07, 6.45) is 0. The minimum atomic E-state index is -0.674. The van der Waals surface area contributed by atoms with Crippen LogP contribution in [-0.2, 0) is 16.1 Å². The molecule has 0 saturated heterocycles. The number of ether oxygens (including phenoxy) is 2. The third-order valence-corrected chi connectivity index (χ3v) is 5.19. The third-order valence-electron chi connectivity index (χ3n) is 5.19. The number of rotatable bonds is 10.